The standard InChI is InChI=1S/C54H97NO13/c1-3-5-7-9-11-13-15-17-19-20-21-22-24-25-27-29-31-33-35-37-43(58)42(55-46(59)38-36-34-32-30-28-26-23-18-16-14-12-10-8-6-4-2)41-65-53-51(64)49(62)52(45(40-57)67-53)68-54-50(63)48(61)47(60)44(39-56)66-54/h6,8,12,14,18,23,35,37,42-45,47-54,56-58,60-64H,3-5,7,9-11,13,15-17,19-22,24-34,36,38-41H2,1-2H3,(H,55,59)/b8-6-,14-12-,23-18-,37-35+. The Labute approximate surface area is 410 Å². The van der Waals surface area contributed by atoms with Gasteiger partial charge in [-0.2, -0.15) is 0 Å². The lowest BCUT2D eigenvalue weighted by atomic mass is 9.97. The van der Waals surface area contributed by atoms with Crippen molar-refractivity contribution in [3.05, 3.63) is 48.6 Å². The van der Waals surface area contributed by atoms with Crippen LogP contribution in [0.5, 0.6) is 0 Å². The van der Waals surface area contributed by atoms with E-state index in [1.165, 1.54) is 96.3 Å². The number of ether oxygens (including phenoxy) is 4. The zero-order valence-corrected chi connectivity index (χ0v) is 42.1. The maximum atomic E-state index is 13.2. The van der Waals surface area contributed by atoms with Gasteiger partial charge >= 0.3 is 0 Å². The second-order valence-electron chi connectivity index (χ2n) is 19.0. The maximum Gasteiger partial charge on any atom is 0.220 e. The first kappa shape index (κ1) is 62.1. The van der Waals surface area contributed by atoms with Crippen LogP contribution in [-0.2, 0) is 23.7 Å². The van der Waals surface area contributed by atoms with Gasteiger partial charge in [0.25, 0.3) is 0 Å². The van der Waals surface area contributed by atoms with E-state index in [0.717, 1.165) is 70.6 Å². The van der Waals surface area contributed by atoms with Crippen molar-refractivity contribution in [1.82, 2.24) is 5.32 Å². The van der Waals surface area contributed by atoms with Crippen LogP contribution in [0.25, 0.3) is 0 Å². The first-order chi connectivity index (χ1) is 33.1. The predicted octanol–water partition coefficient (Wildman–Crippen LogP) is 7.66. The fourth-order valence-corrected chi connectivity index (χ4v) is 8.66. The molecule has 14 nitrogen and oxygen atoms in total. The Hall–Kier alpha value is -2.05. The number of aliphatic hydroxyl groups is 8. The highest BCUT2D eigenvalue weighted by Crippen LogP contribution is 2.30. The van der Waals surface area contributed by atoms with Crippen LogP contribution < -0.4 is 5.32 Å². The number of amides is 1. The first-order valence-corrected chi connectivity index (χ1v) is 26.9. The van der Waals surface area contributed by atoms with E-state index in [1.807, 2.05) is 6.08 Å². The van der Waals surface area contributed by atoms with E-state index in [0.29, 0.717) is 6.42 Å². The molecule has 12 unspecified atom stereocenters. The molecule has 396 valence electrons. The Morgan fingerprint density at radius 3 is 1.56 bits per heavy atom. The fraction of sp³-hybridized carbons (Fsp3) is 0.833. The average Bonchev–Trinajstić information content (AvgIpc) is 3.34. The van der Waals surface area contributed by atoms with Crippen LogP contribution in [0.2, 0.25) is 0 Å². The Balaban J connectivity index is 1.83. The number of unbranched alkanes of at least 4 members (excludes halogenated alkanes) is 22. The van der Waals surface area contributed by atoms with Crippen LogP contribution in [0, 0.1) is 0 Å². The van der Waals surface area contributed by atoms with Gasteiger partial charge in [-0.05, 0) is 51.4 Å². The average molecular weight is 968 g/mol. The van der Waals surface area contributed by atoms with Crippen LogP contribution in [-0.4, -0.2) is 140 Å². The third kappa shape index (κ3) is 27.0. The van der Waals surface area contributed by atoms with Gasteiger partial charge in [-0.1, -0.05) is 184 Å². The van der Waals surface area contributed by atoms with Crippen molar-refractivity contribution in [2.45, 2.75) is 267 Å². The highest BCUT2D eigenvalue weighted by atomic mass is 16.7. The van der Waals surface area contributed by atoms with E-state index in [9.17, 15) is 45.6 Å². The Kier molecular flexibility index (Phi) is 37.0. The molecule has 2 fully saturated rings. The third-order valence-corrected chi connectivity index (χ3v) is 13.0. The lowest BCUT2D eigenvalue weighted by Crippen LogP contribution is -2.65. The van der Waals surface area contributed by atoms with Gasteiger partial charge in [-0.25, -0.2) is 0 Å². The molecule has 0 radical (unpaired) electrons. The molecule has 12 atom stereocenters. The molecule has 0 bridgehead atoms. The second-order valence-corrected chi connectivity index (χ2v) is 19.0. The van der Waals surface area contributed by atoms with Crippen LogP contribution in [0.4, 0.5) is 0 Å². The van der Waals surface area contributed by atoms with Gasteiger partial charge in [0.05, 0.1) is 32.0 Å². The van der Waals surface area contributed by atoms with Crippen LogP contribution in [0.1, 0.15) is 194 Å². The number of aliphatic hydroxyl groups excluding tert-OH is 8. The molecule has 2 rings (SSSR count). The number of rotatable bonds is 41. The largest absolute Gasteiger partial charge is 0.394 e. The molecule has 2 saturated heterocycles. The van der Waals surface area contributed by atoms with Crippen molar-refractivity contribution in [2.75, 3.05) is 19.8 Å². The van der Waals surface area contributed by atoms with E-state index in [4.69, 9.17) is 18.9 Å². The number of hydrogen-bond acceptors (Lipinski definition) is 13. The summed E-state index contributed by atoms with van der Waals surface area (Å²) in [5.74, 6) is -0.258. The van der Waals surface area contributed by atoms with Gasteiger partial charge in [0, 0.05) is 6.42 Å². The van der Waals surface area contributed by atoms with Gasteiger partial charge in [0.15, 0.2) is 12.6 Å². The normalized spacial score (nSPS) is 26.7. The summed E-state index contributed by atoms with van der Waals surface area (Å²) in [4.78, 5) is 13.2. The summed E-state index contributed by atoms with van der Waals surface area (Å²) < 4.78 is 22.7. The van der Waals surface area contributed by atoms with Crippen LogP contribution in [0.15, 0.2) is 48.6 Å². The van der Waals surface area contributed by atoms with Crippen molar-refractivity contribution < 1.29 is 64.6 Å². The second kappa shape index (κ2) is 40.5. The first-order valence-electron chi connectivity index (χ1n) is 26.9. The zero-order valence-electron chi connectivity index (χ0n) is 42.1. The lowest BCUT2D eigenvalue weighted by Gasteiger charge is -2.46. The molecule has 2 aliphatic heterocycles. The Bertz CT molecular complexity index is 1330. The maximum absolute atomic E-state index is 13.2. The minimum absolute atomic E-state index is 0.258. The van der Waals surface area contributed by atoms with Crippen molar-refractivity contribution in [2.24, 2.45) is 0 Å². The number of nitrogens with one attached hydrogen (secondary N) is 1. The summed E-state index contributed by atoms with van der Waals surface area (Å²) in [6.07, 6.45) is 31.4. The highest BCUT2D eigenvalue weighted by molar-refractivity contribution is 5.76. The van der Waals surface area contributed by atoms with Gasteiger partial charge in [0.2, 0.25) is 5.91 Å². The highest BCUT2D eigenvalue weighted by Gasteiger charge is 2.51. The van der Waals surface area contributed by atoms with E-state index in [1.54, 1.807) is 6.08 Å². The third-order valence-electron chi connectivity index (χ3n) is 13.0. The SMILES string of the molecule is CC/C=C\C/C=C\C/C=C\CCCCCCCC(=O)NC(COC1OC(CO)C(OC2OC(CO)C(O)C(O)C2O)C(O)C1O)C(O)/C=C/CCCCCCCCCCCCCCCCCCC. The molecule has 0 aromatic heterocycles. The van der Waals surface area contributed by atoms with Gasteiger partial charge in [-0.15, -0.1) is 0 Å². The molecule has 0 aromatic rings. The van der Waals surface area contributed by atoms with Crippen molar-refractivity contribution in [3.63, 3.8) is 0 Å². The fourth-order valence-electron chi connectivity index (χ4n) is 8.66. The molecule has 0 aliphatic carbocycles. The topological polar surface area (TPSA) is 228 Å². The van der Waals surface area contributed by atoms with Crippen LogP contribution in [0.3, 0.4) is 0 Å². The molecule has 14 heteroatoms. The van der Waals surface area contributed by atoms with Gasteiger partial charge in [-0.3, -0.25) is 4.79 Å². The Morgan fingerprint density at radius 1 is 0.544 bits per heavy atom. The van der Waals surface area contributed by atoms with E-state index in [2.05, 4.69) is 55.6 Å². The molecule has 0 saturated carbocycles. The minimum atomic E-state index is -1.79. The molecule has 0 spiro atoms. The van der Waals surface area contributed by atoms with E-state index < -0.39 is 86.8 Å². The van der Waals surface area contributed by atoms with Crippen LogP contribution >= 0.6 is 0 Å². The molecule has 9 N–H and O–H groups in total. The molecule has 68 heavy (non-hydrogen) atoms. The van der Waals surface area contributed by atoms with Crippen molar-refractivity contribution >= 4 is 5.91 Å². The predicted molar refractivity (Wildman–Crippen MR) is 267 cm³/mol. The summed E-state index contributed by atoms with van der Waals surface area (Å²) >= 11 is 0. The minimum Gasteiger partial charge on any atom is -0.394 e. The van der Waals surface area contributed by atoms with Gasteiger partial charge in [0.1, 0.15) is 48.8 Å². The van der Waals surface area contributed by atoms with Crippen molar-refractivity contribution in [1.29, 1.82) is 0 Å². The lowest BCUT2D eigenvalue weighted by molar-refractivity contribution is -0.359. The summed E-state index contributed by atoms with van der Waals surface area (Å²) in [6.45, 7) is 2.66. The molecule has 2 aliphatic rings. The van der Waals surface area contributed by atoms with Gasteiger partial charge < -0.3 is 65.1 Å². The summed E-state index contributed by atoms with van der Waals surface area (Å²) in [5.41, 5.74) is 0. The molecule has 0 aromatic carbocycles. The molecular formula is C54H97NO13. The zero-order chi connectivity index (χ0) is 49.6. The summed E-state index contributed by atoms with van der Waals surface area (Å²) in [7, 11) is 0. The monoisotopic (exact) mass is 968 g/mol. The molecule has 2 heterocycles. The van der Waals surface area contributed by atoms with E-state index >= 15 is 0 Å². The van der Waals surface area contributed by atoms with Crippen molar-refractivity contribution in [3.8, 4) is 0 Å². The molecule has 1 amide bonds. The smallest absolute Gasteiger partial charge is 0.220 e. The summed E-state index contributed by atoms with van der Waals surface area (Å²) in [6, 6.07) is -0.924. The number of hydrogen-bond donors (Lipinski definition) is 9. The number of carbonyl (C=O) groups is 1. The quantitative estimate of drug-likeness (QED) is 0.0212. The van der Waals surface area contributed by atoms with E-state index in [-0.39, 0.29) is 18.9 Å². The molecular weight excluding hydrogens is 871 g/mol. The Morgan fingerprint density at radius 2 is 1.01 bits per heavy atom. The number of allylic oxidation sites excluding steroid dienone is 7. The summed E-state index contributed by atoms with van der Waals surface area (Å²) in [5, 5.41) is 86.8. The number of carbonyl (C=O) groups excluding carboxylic acids is 1.